The maximum Gasteiger partial charge on any atom is 0.165 e. The van der Waals surface area contributed by atoms with Crippen molar-refractivity contribution in [1.29, 1.82) is 0 Å². The molecule has 0 aliphatic heterocycles. The van der Waals surface area contributed by atoms with Gasteiger partial charge in [0.15, 0.2) is 5.78 Å². The number of rotatable bonds is 6. The molecule has 1 unspecified atom stereocenters. The number of hydrogen-bond acceptors (Lipinski definition) is 2. The van der Waals surface area contributed by atoms with Crippen molar-refractivity contribution >= 4 is 59.3 Å². The van der Waals surface area contributed by atoms with Crippen LogP contribution in [0, 0.1) is 0 Å². The van der Waals surface area contributed by atoms with E-state index in [4.69, 9.17) is 0 Å². The van der Waals surface area contributed by atoms with E-state index in [0.29, 0.717) is 12.0 Å². The molecule has 0 heterocycles. The summed E-state index contributed by atoms with van der Waals surface area (Å²) in [6.45, 7) is 0. The molecule has 3 aromatic rings. The lowest BCUT2D eigenvalue weighted by atomic mass is 9.97. The lowest BCUT2D eigenvalue weighted by Gasteiger charge is -2.20. The minimum atomic E-state index is -0.111. The molecule has 0 fully saturated rings. The molecular weight excluding hydrogens is 522 g/mol. The molecule has 0 saturated carbocycles. The van der Waals surface area contributed by atoms with Gasteiger partial charge in [0.05, 0.1) is 6.04 Å². The van der Waals surface area contributed by atoms with Crippen molar-refractivity contribution in [2.75, 3.05) is 5.32 Å². The third kappa shape index (κ3) is 5.29. The fourth-order valence-corrected chi connectivity index (χ4v) is 3.43. The second-order valence-corrected chi connectivity index (χ2v) is 8.64. The predicted octanol–water partition coefficient (Wildman–Crippen LogP) is 7.40. The summed E-state index contributed by atoms with van der Waals surface area (Å²) in [7, 11) is 0. The van der Waals surface area contributed by atoms with Crippen molar-refractivity contribution in [3.05, 3.63) is 97.3 Å². The molecule has 0 bridgehead atoms. The second kappa shape index (κ2) is 8.98. The summed E-state index contributed by atoms with van der Waals surface area (Å²) >= 11 is 10.3. The van der Waals surface area contributed by atoms with Crippen LogP contribution in [-0.4, -0.2) is 5.78 Å². The predicted molar refractivity (Wildman–Crippen MR) is 118 cm³/mol. The Morgan fingerprint density at radius 2 is 1.19 bits per heavy atom. The summed E-state index contributed by atoms with van der Waals surface area (Å²) in [6, 6.07) is 23.4. The number of nitrogens with one attached hydrogen (secondary N) is 1. The molecule has 3 aromatic carbocycles. The summed E-state index contributed by atoms with van der Waals surface area (Å²) in [6.07, 6.45) is 0.374. The monoisotopic (exact) mass is 535 g/mol. The molecule has 26 heavy (non-hydrogen) atoms. The van der Waals surface area contributed by atoms with Crippen molar-refractivity contribution in [2.45, 2.75) is 12.5 Å². The molecule has 0 saturated heterocycles. The van der Waals surface area contributed by atoms with Crippen LogP contribution in [0.1, 0.15) is 28.4 Å². The highest BCUT2D eigenvalue weighted by Crippen LogP contribution is 2.27. The van der Waals surface area contributed by atoms with Gasteiger partial charge in [0.25, 0.3) is 0 Å². The number of halogens is 3. The topological polar surface area (TPSA) is 29.1 Å². The number of Topliss-reactive ketones (excluding diaryl/α,β-unsaturated/α-hetero) is 1. The number of anilines is 1. The van der Waals surface area contributed by atoms with Gasteiger partial charge in [-0.15, -0.1) is 0 Å². The summed E-state index contributed by atoms with van der Waals surface area (Å²) < 4.78 is 3.00. The zero-order valence-electron chi connectivity index (χ0n) is 13.8. The van der Waals surface area contributed by atoms with Crippen LogP contribution in [0.25, 0.3) is 0 Å². The lowest BCUT2D eigenvalue weighted by Crippen LogP contribution is -2.15. The van der Waals surface area contributed by atoms with Crippen LogP contribution in [0.4, 0.5) is 5.69 Å². The number of carbonyl (C=O) groups is 1. The van der Waals surface area contributed by atoms with Crippen LogP contribution < -0.4 is 5.32 Å². The molecule has 1 N–H and O–H groups in total. The molecule has 0 radical (unpaired) electrons. The van der Waals surface area contributed by atoms with Gasteiger partial charge < -0.3 is 5.32 Å². The van der Waals surface area contributed by atoms with Gasteiger partial charge in [0.1, 0.15) is 0 Å². The SMILES string of the molecule is O=C(CC(Nc1ccc(Br)cc1)c1ccc(Br)cc1)c1ccc(Br)cc1. The van der Waals surface area contributed by atoms with E-state index in [0.717, 1.165) is 24.7 Å². The second-order valence-electron chi connectivity index (χ2n) is 5.89. The molecular formula is C21H16Br3NO. The van der Waals surface area contributed by atoms with Gasteiger partial charge in [-0.05, 0) is 54.1 Å². The number of carbonyl (C=O) groups excluding carboxylic acids is 1. The highest BCUT2D eigenvalue weighted by Gasteiger charge is 2.17. The van der Waals surface area contributed by atoms with Crippen LogP contribution in [0.3, 0.4) is 0 Å². The Bertz CT molecular complexity index is 875. The van der Waals surface area contributed by atoms with E-state index in [-0.39, 0.29) is 11.8 Å². The zero-order valence-corrected chi connectivity index (χ0v) is 18.5. The average molecular weight is 538 g/mol. The third-order valence-corrected chi connectivity index (χ3v) is 5.60. The van der Waals surface area contributed by atoms with Crippen molar-refractivity contribution < 1.29 is 4.79 Å². The smallest absolute Gasteiger partial charge is 0.165 e. The summed E-state index contributed by atoms with van der Waals surface area (Å²) in [5, 5.41) is 3.49. The van der Waals surface area contributed by atoms with Crippen molar-refractivity contribution in [1.82, 2.24) is 0 Å². The molecule has 0 amide bonds. The quantitative estimate of drug-likeness (QED) is 0.332. The summed E-state index contributed by atoms with van der Waals surface area (Å²) in [4.78, 5) is 12.8. The normalized spacial score (nSPS) is 11.8. The fourth-order valence-electron chi connectivity index (χ4n) is 2.63. The minimum absolute atomic E-state index is 0.107. The Morgan fingerprint density at radius 3 is 1.73 bits per heavy atom. The van der Waals surface area contributed by atoms with Crippen molar-refractivity contribution in [2.24, 2.45) is 0 Å². The summed E-state index contributed by atoms with van der Waals surface area (Å²) in [5.74, 6) is 0.107. The number of ketones is 1. The molecule has 0 aliphatic carbocycles. The van der Waals surface area contributed by atoms with E-state index in [1.807, 2.05) is 72.8 Å². The van der Waals surface area contributed by atoms with Gasteiger partial charge in [-0.1, -0.05) is 72.1 Å². The highest BCUT2D eigenvalue weighted by atomic mass is 79.9. The Morgan fingerprint density at radius 1 is 0.731 bits per heavy atom. The number of hydrogen-bond donors (Lipinski definition) is 1. The molecule has 0 aliphatic rings. The molecule has 5 heteroatoms. The van der Waals surface area contributed by atoms with Crippen molar-refractivity contribution in [3.8, 4) is 0 Å². The van der Waals surface area contributed by atoms with E-state index in [2.05, 4.69) is 53.1 Å². The minimum Gasteiger partial charge on any atom is -0.378 e. The standard InChI is InChI=1S/C21H16Br3NO/c22-16-5-1-14(2-6-16)20(25-19-11-9-18(24)10-12-19)13-21(26)15-3-7-17(23)8-4-15/h1-12,20,25H,13H2. The van der Waals surface area contributed by atoms with Gasteiger partial charge >= 0.3 is 0 Å². The Hall–Kier alpha value is -1.43. The molecule has 1 atom stereocenters. The maximum atomic E-state index is 12.8. The van der Waals surface area contributed by atoms with Crippen LogP contribution in [0.15, 0.2) is 86.2 Å². The lowest BCUT2D eigenvalue weighted by molar-refractivity contribution is 0.0976. The Balaban J connectivity index is 1.84. The van der Waals surface area contributed by atoms with E-state index in [9.17, 15) is 4.79 Å². The third-order valence-electron chi connectivity index (χ3n) is 4.01. The Kier molecular flexibility index (Phi) is 6.68. The first-order valence-electron chi connectivity index (χ1n) is 8.07. The van der Waals surface area contributed by atoms with E-state index < -0.39 is 0 Å². The first kappa shape index (κ1) is 19.3. The Labute approximate surface area is 178 Å². The van der Waals surface area contributed by atoms with Gasteiger partial charge in [-0.2, -0.15) is 0 Å². The first-order valence-corrected chi connectivity index (χ1v) is 10.5. The van der Waals surface area contributed by atoms with Crippen LogP contribution in [0.2, 0.25) is 0 Å². The van der Waals surface area contributed by atoms with Gasteiger partial charge in [-0.3, -0.25) is 4.79 Å². The van der Waals surface area contributed by atoms with Crippen molar-refractivity contribution in [3.63, 3.8) is 0 Å². The molecule has 3 rings (SSSR count). The van der Waals surface area contributed by atoms with E-state index >= 15 is 0 Å². The van der Waals surface area contributed by atoms with E-state index in [1.54, 1.807) is 0 Å². The van der Waals surface area contributed by atoms with Gasteiger partial charge in [0, 0.05) is 31.1 Å². The van der Waals surface area contributed by atoms with Gasteiger partial charge in [0.2, 0.25) is 0 Å². The van der Waals surface area contributed by atoms with E-state index in [1.165, 1.54) is 0 Å². The maximum absolute atomic E-state index is 12.8. The first-order chi connectivity index (χ1) is 12.5. The molecule has 132 valence electrons. The molecule has 2 nitrogen and oxygen atoms in total. The highest BCUT2D eigenvalue weighted by molar-refractivity contribution is 9.11. The average Bonchev–Trinajstić information content (AvgIpc) is 2.64. The van der Waals surface area contributed by atoms with Crippen LogP contribution in [0.5, 0.6) is 0 Å². The number of benzene rings is 3. The largest absolute Gasteiger partial charge is 0.378 e. The van der Waals surface area contributed by atoms with Crippen LogP contribution in [-0.2, 0) is 0 Å². The molecule has 0 spiro atoms. The van der Waals surface area contributed by atoms with Gasteiger partial charge in [-0.25, -0.2) is 0 Å². The fraction of sp³-hybridized carbons (Fsp3) is 0.0952. The van der Waals surface area contributed by atoms with Crippen LogP contribution >= 0.6 is 47.8 Å². The summed E-state index contributed by atoms with van der Waals surface area (Å²) in [5.41, 5.74) is 2.76. The molecule has 0 aromatic heterocycles. The zero-order chi connectivity index (χ0) is 18.5.